The summed E-state index contributed by atoms with van der Waals surface area (Å²) in [5.74, 6) is 0.0503. The molecular weight excluding hydrogens is 381 g/mol. The number of carbonyl (C=O) groups is 2. The van der Waals surface area contributed by atoms with Crippen LogP contribution in [0.5, 0.6) is 0 Å². The maximum atomic E-state index is 14.2. The highest BCUT2D eigenvalue weighted by atomic mass is 19.1. The fourth-order valence-electron chi connectivity index (χ4n) is 4.07. The molecule has 0 saturated carbocycles. The van der Waals surface area contributed by atoms with Crippen molar-refractivity contribution in [2.45, 2.75) is 45.1 Å². The summed E-state index contributed by atoms with van der Waals surface area (Å²) in [5, 5.41) is 2.51. The molecule has 1 aliphatic heterocycles. The molecule has 0 bridgehead atoms. The zero-order chi connectivity index (χ0) is 21.5. The lowest BCUT2D eigenvalue weighted by atomic mass is 9.90. The molecule has 0 unspecified atom stereocenters. The van der Waals surface area contributed by atoms with Crippen molar-refractivity contribution < 1.29 is 14.0 Å². The molecule has 2 aromatic carbocycles. The van der Waals surface area contributed by atoms with Crippen molar-refractivity contribution >= 4 is 11.9 Å². The molecule has 1 saturated heterocycles. The van der Waals surface area contributed by atoms with E-state index in [2.05, 4.69) is 36.5 Å². The Balaban J connectivity index is 1.51. The number of nitrogens with two attached hydrogens (primary N) is 1. The Hall–Kier alpha value is -2.89. The number of likely N-dealkylation sites (tertiary alicyclic amines) is 1. The molecule has 1 aliphatic rings. The van der Waals surface area contributed by atoms with E-state index in [1.807, 2.05) is 4.90 Å². The number of primary amides is 1. The van der Waals surface area contributed by atoms with E-state index >= 15 is 0 Å². The molecule has 3 rings (SSSR count). The molecule has 2 aromatic rings. The second-order valence-corrected chi connectivity index (χ2v) is 8.14. The Labute approximate surface area is 177 Å². The topological polar surface area (TPSA) is 75.4 Å². The molecule has 6 heteroatoms. The van der Waals surface area contributed by atoms with Crippen LogP contribution >= 0.6 is 0 Å². The minimum atomic E-state index is -0.772. The second-order valence-electron chi connectivity index (χ2n) is 8.14. The largest absolute Gasteiger partial charge is 0.352 e. The average molecular weight is 412 g/mol. The Morgan fingerprint density at radius 1 is 1.13 bits per heavy atom. The van der Waals surface area contributed by atoms with Gasteiger partial charge in [-0.3, -0.25) is 4.79 Å². The number of carbonyl (C=O) groups excluding carboxylic acids is 2. The minimum Gasteiger partial charge on any atom is -0.352 e. The van der Waals surface area contributed by atoms with E-state index in [1.54, 1.807) is 18.2 Å². The summed E-state index contributed by atoms with van der Waals surface area (Å²) < 4.78 is 14.2. The maximum Gasteiger partial charge on any atom is 0.312 e. The molecule has 1 heterocycles. The average Bonchev–Trinajstić information content (AvgIpc) is 2.73. The Bertz CT molecular complexity index is 861. The highest BCUT2D eigenvalue weighted by Gasteiger charge is 2.27. The third-order valence-electron chi connectivity index (χ3n) is 5.90. The second kappa shape index (κ2) is 10.2. The van der Waals surface area contributed by atoms with Gasteiger partial charge in [-0.05, 0) is 50.2 Å². The summed E-state index contributed by atoms with van der Waals surface area (Å²) in [6.07, 6.45) is 4.09. The van der Waals surface area contributed by atoms with Gasteiger partial charge in [-0.1, -0.05) is 48.0 Å². The van der Waals surface area contributed by atoms with Crippen LogP contribution in [0.2, 0.25) is 0 Å². The van der Waals surface area contributed by atoms with Crippen molar-refractivity contribution in [3.05, 3.63) is 71.0 Å². The van der Waals surface area contributed by atoms with Gasteiger partial charge in [-0.15, -0.1) is 0 Å². The quantitative estimate of drug-likeness (QED) is 0.720. The number of rotatable bonds is 7. The highest BCUT2D eigenvalue weighted by molar-refractivity contribution is 5.79. The van der Waals surface area contributed by atoms with E-state index in [-0.39, 0.29) is 17.9 Å². The monoisotopic (exact) mass is 411 g/mol. The summed E-state index contributed by atoms with van der Waals surface area (Å²) in [5.41, 5.74) is 8.14. The zero-order valence-corrected chi connectivity index (χ0v) is 17.4. The van der Waals surface area contributed by atoms with Gasteiger partial charge >= 0.3 is 6.03 Å². The van der Waals surface area contributed by atoms with Crippen molar-refractivity contribution in [2.75, 3.05) is 13.1 Å². The molecule has 0 aliphatic carbocycles. The standard InChI is InChI=1S/C24H30FN3O2/c1-17-6-8-18(9-7-17)10-11-19-12-14-28(15-13-19)23(29)16-22(27-24(26)30)20-4-2-3-5-21(20)25/h2-9,19,22H,10-16H2,1H3,(H3,26,27,30)/t22-/m1/s1. The highest BCUT2D eigenvalue weighted by Crippen LogP contribution is 2.25. The van der Waals surface area contributed by atoms with E-state index in [1.165, 1.54) is 17.2 Å². The Morgan fingerprint density at radius 3 is 2.43 bits per heavy atom. The van der Waals surface area contributed by atoms with Crippen LogP contribution in [0.4, 0.5) is 9.18 Å². The number of aryl methyl sites for hydroxylation is 2. The van der Waals surface area contributed by atoms with Crippen molar-refractivity contribution in [2.24, 2.45) is 11.7 Å². The summed E-state index contributed by atoms with van der Waals surface area (Å²) >= 11 is 0. The predicted molar refractivity (Wildman–Crippen MR) is 115 cm³/mol. The van der Waals surface area contributed by atoms with E-state index < -0.39 is 17.9 Å². The number of halogens is 1. The van der Waals surface area contributed by atoms with E-state index in [0.29, 0.717) is 19.0 Å². The molecule has 0 aromatic heterocycles. The summed E-state index contributed by atoms with van der Waals surface area (Å²) in [7, 11) is 0. The molecule has 3 amide bonds. The number of hydrogen-bond donors (Lipinski definition) is 2. The summed E-state index contributed by atoms with van der Waals surface area (Å²) in [6.45, 7) is 3.47. The number of benzene rings is 2. The van der Waals surface area contributed by atoms with Crippen LogP contribution in [0.25, 0.3) is 0 Å². The molecule has 30 heavy (non-hydrogen) atoms. The molecule has 1 atom stereocenters. The van der Waals surface area contributed by atoms with Crippen LogP contribution in [0, 0.1) is 18.7 Å². The zero-order valence-electron chi connectivity index (χ0n) is 17.4. The Morgan fingerprint density at radius 2 is 1.80 bits per heavy atom. The number of piperidine rings is 1. The van der Waals surface area contributed by atoms with Gasteiger partial charge in [0.2, 0.25) is 5.91 Å². The number of urea groups is 1. The number of amides is 3. The fourth-order valence-corrected chi connectivity index (χ4v) is 4.07. The molecule has 5 nitrogen and oxygen atoms in total. The molecule has 1 fully saturated rings. The summed E-state index contributed by atoms with van der Waals surface area (Å²) in [4.78, 5) is 26.0. The van der Waals surface area contributed by atoms with E-state index in [9.17, 15) is 14.0 Å². The van der Waals surface area contributed by atoms with Crippen molar-refractivity contribution in [3.8, 4) is 0 Å². The first kappa shape index (κ1) is 21.8. The third kappa shape index (κ3) is 6.05. The first-order valence-corrected chi connectivity index (χ1v) is 10.6. The van der Waals surface area contributed by atoms with Gasteiger partial charge in [0, 0.05) is 18.7 Å². The molecule has 3 N–H and O–H groups in total. The van der Waals surface area contributed by atoms with Gasteiger partial charge in [-0.2, -0.15) is 0 Å². The lowest BCUT2D eigenvalue weighted by Gasteiger charge is -2.33. The van der Waals surface area contributed by atoms with Crippen LogP contribution in [0.15, 0.2) is 48.5 Å². The van der Waals surface area contributed by atoms with E-state index in [4.69, 9.17) is 5.73 Å². The van der Waals surface area contributed by atoms with Crippen LogP contribution < -0.4 is 11.1 Å². The number of nitrogens with zero attached hydrogens (tertiary/aromatic N) is 1. The van der Waals surface area contributed by atoms with Gasteiger partial charge in [0.05, 0.1) is 12.5 Å². The summed E-state index contributed by atoms with van der Waals surface area (Å²) in [6, 6.07) is 13.2. The van der Waals surface area contributed by atoms with Crippen LogP contribution in [0.1, 0.15) is 48.4 Å². The first-order valence-electron chi connectivity index (χ1n) is 10.6. The number of nitrogens with one attached hydrogen (secondary N) is 1. The lowest BCUT2D eigenvalue weighted by Crippen LogP contribution is -2.42. The van der Waals surface area contributed by atoms with Gasteiger partial charge in [-0.25, -0.2) is 9.18 Å². The van der Waals surface area contributed by atoms with E-state index in [0.717, 1.165) is 25.7 Å². The maximum absolute atomic E-state index is 14.2. The van der Waals surface area contributed by atoms with Crippen LogP contribution in [-0.4, -0.2) is 29.9 Å². The Kier molecular flexibility index (Phi) is 7.44. The van der Waals surface area contributed by atoms with Crippen molar-refractivity contribution in [1.29, 1.82) is 0 Å². The third-order valence-corrected chi connectivity index (χ3v) is 5.90. The first-order chi connectivity index (χ1) is 14.4. The normalized spacial score (nSPS) is 15.6. The molecule has 0 spiro atoms. The minimum absolute atomic E-state index is 0.00208. The fraction of sp³-hybridized carbons (Fsp3) is 0.417. The van der Waals surface area contributed by atoms with Crippen molar-refractivity contribution in [3.63, 3.8) is 0 Å². The van der Waals surface area contributed by atoms with Crippen LogP contribution in [-0.2, 0) is 11.2 Å². The molecular formula is C24H30FN3O2. The predicted octanol–water partition coefficient (Wildman–Crippen LogP) is 4.11. The lowest BCUT2D eigenvalue weighted by molar-refractivity contribution is -0.133. The van der Waals surface area contributed by atoms with Gasteiger partial charge < -0.3 is 16.0 Å². The SMILES string of the molecule is Cc1ccc(CCC2CCN(C(=O)C[C@@H](NC(N)=O)c3ccccc3F)CC2)cc1. The van der Waals surface area contributed by atoms with Crippen molar-refractivity contribution in [1.82, 2.24) is 10.2 Å². The van der Waals surface area contributed by atoms with Gasteiger partial charge in [0.15, 0.2) is 0 Å². The van der Waals surface area contributed by atoms with Gasteiger partial charge in [0.1, 0.15) is 5.82 Å². The van der Waals surface area contributed by atoms with Gasteiger partial charge in [0.25, 0.3) is 0 Å². The smallest absolute Gasteiger partial charge is 0.312 e. The van der Waals surface area contributed by atoms with Crippen LogP contribution in [0.3, 0.4) is 0 Å². The number of hydrogen-bond acceptors (Lipinski definition) is 2. The molecule has 0 radical (unpaired) electrons. The molecule has 160 valence electrons.